The molecular formula is C11H11ClN4O3. The Labute approximate surface area is 112 Å². The Hall–Kier alpha value is -2.28. The summed E-state index contributed by atoms with van der Waals surface area (Å²) in [4.78, 5) is 26.6. The maximum absolute atomic E-state index is 11.4. The number of nitrogens with two attached hydrogens (primary N) is 1. The summed E-state index contributed by atoms with van der Waals surface area (Å²) in [6.45, 7) is 0. The number of benzene rings is 1. The first-order valence-corrected chi connectivity index (χ1v) is 5.65. The molecule has 1 aromatic carbocycles. The molecule has 1 heterocycles. The predicted octanol–water partition coefficient (Wildman–Crippen LogP) is 0.848. The van der Waals surface area contributed by atoms with E-state index in [1.807, 2.05) is 0 Å². The third kappa shape index (κ3) is 2.45. The van der Waals surface area contributed by atoms with E-state index in [-0.39, 0.29) is 11.4 Å². The molecule has 1 amide bonds. The van der Waals surface area contributed by atoms with Crippen molar-refractivity contribution in [2.45, 2.75) is 0 Å². The standard InChI is InChI=1S/C11H11ClN4O3/c1-16(2)8-4-6(10-14-11(18)19-15-10)5(9(13)17)3-7(8)12/h3-4H,1-2H3,(H2,13,17)(H,14,15,18). The average Bonchev–Trinajstić information content (AvgIpc) is 2.74. The Kier molecular flexibility index (Phi) is 3.30. The summed E-state index contributed by atoms with van der Waals surface area (Å²) < 4.78 is 4.42. The molecule has 7 nitrogen and oxygen atoms in total. The molecule has 0 bridgehead atoms. The van der Waals surface area contributed by atoms with Gasteiger partial charge in [-0.3, -0.25) is 14.3 Å². The van der Waals surface area contributed by atoms with Crippen LogP contribution in [0.15, 0.2) is 21.5 Å². The van der Waals surface area contributed by atoms with E-state index in [1.165, 1.54) is 6.07 Å². The normalized spacial score (nSPS) is 10.5. The number of rotatable bonds is 3. The van der Waals surface area contributed by atoms with Crippen molar-refractivity contribution >= 4 is 23.2 Å². The van der Waals surface area contributed by atoms with E-state index in [2.05, 4.69) is 14.7 Å². The number of anilines is 1. The molecule has 0 fully saturated rings. The Morgan fingerprint density at radius 2 is 2.16 bits per heavy atom. The van der Waals surface area contributed by atoms with Gasteiger partial charge in [-0.1, -0.05) is 16.8 Å². The van der Waals surface area contributed by atoms with Crippen LogP contribution in [-0.2, 0) is 0 Å². The molecule has 2 rings (SSSR count). The van der Waals surface area contributed by atoms with Gasteiger partial charge in [0.05, 0.1) is 16.3 Å². The number of hydrogen-bond acceptors (Lipinski definition) is 5. The van der Waals surface area contributed by atoms with E-state index in [1.54, 1.807) is 25.1 Å². The van der Waals surface area contributed by atoms with E-state index < -0.39 is 11.7 Å². The van der Waals surface area contributed by atoms with Gasteiger partial charge in [0, 0.05) is 19.7 Å². The Morgan fingerprint density at radius 1 is 1.47 bits per heavy atom. The van der Waals surface area contributed by atoms with Crippen LogP contribution in [0.3, 0.4) is 0 Å². The number of aromatic nitrogens is 2. The van der Waals surface area contributed by atoms with Crippen molar-refractivity contribution in [3.05, 3.63) is 33.3 Å². The number of aromatic amines is 1. The maximum Gasteiger partial charge on any atom is 0.439 e. The second kappa shape index (κ2) is 4.77. The maximum atomic E-state index is 11.4. The van der Waals surface area contributed by atoms with Gasteiger partial charge in [0.15, 0.2) is 5.82 Å². The van der Waals surface area contributed by atoms with Crippen molar-refractivity contribution < 1.29 is 9.32 Å². The SMILES string of the molecule is CN(C)c1cc(-c2noc(=O)[nH]2)c(C(N)=O)cc1Cl. The molecule has 3 N–H and O–H groups in total. The van der Waals surface area contributed by atoms with Crippen molar-refractivity contribution in [3.8, 4) is 11.4 Å². The molecule has 2 aromatic rings. The highest BCUT2D eigenvalue weighted by atomic mass is 35.5. The minimum Gasteiger partial charge on any atom is -0.376 e. The quantitative estimate of drug-likeness (QED) is 0.868. The number of carbonyl (C=O) groups is 1. The first kappa shape index (κ1) is 13.2. The van der Waals surface area contributed by atoms with Crippen LogP contribution in [0.5, 0.6) is 0 Å². The van der Waals surface area contributed by atoms with E-state index >= 15 is 0 Å². The topological polar surface area (TPSA) is 105 Å². The number of halogens is 1. The highest BCUT2D eigenvalue weighted by Gasteiger charge is 2.18. The zero-order chi connectivity index (χ0) is 14.2. The van der Waals surface area contributed by atoms with Crippen molar-refractivity contribution in [2.75, 3.05) is 19.0 Å². The molecule has 19 heavy (non-hydrogen) atoms. The van der Waals surface area contributed by atoms with Crippen LogP contribution in [0.1, 0.15) is 10.4 Å². The summed E-state index contributed by atoms with van der Waals surface area (Å²) in [5.74, 6) is -1.27. The lowest BCUT2D eigenvalue weighted by molar-refractivity contribution is 0.100. The fraction of sp³-hybridized carbons (Fsp3) is 0.182. The number of nitrogens with one attached hydrogen (secondary N) is 1. The fourth-order valence-electron chi connectivity index (χ4n) is 1.65. The monoisotopic (exact) mass is 282 g/mol. The lowest BCUT2D eigenvalue weighted by Crippen LogP contribution is -2.15. The minimum absolute atomic E-state index is 0.124. The van der Waals surface area contributed by atoms with Crippen LogP contribution in [0, 0.1) is 0 Å². The third-order valence-electron chi connectivity index (χ3n) is 2.53. The van der Waals surface area contributed by atoms with Gasteiger partial charge in [-0.05, 0) is 12.1 Å². The minimum atomic E-state index is -0.716. The van der Waals surface area contributed by atoms with Gasteiger partial charge in [0.2, 0.25) is 5.91 Å². The Morgan fingerprint density at radius 3 is 2.63 bits per heavy atom. The highest BCUT2D eigenvalue weighted by Crippen LogP contribution is 2.32. The van der Waals surface area contributed by atoms with E-state index in [4.69, 9.17) is 17.3 Å². The molecule has 0 aliphatic rings. The van der Waals surface area contributed by atoms with Gasteiger partial charge in [-0.2, -0.15) is 0 Å². The summed E-state index contributed by atoms with van der Waals surface area (Å²) >= 11 is 6.07. The van der Waals surface area contributed by atoms with E-state index in [0.29, 0.717) is 16.3 Å². The van der Waals surface area contributed by atoms with Gasteiger partial charge in [-0.15, -0.1) is 0 Å². The molecule has 0 saturated heterocycles. The second-order valence-electron chi connectivity index (χ2n) is 4.05. The first-order valence-electron chi connectivity index (χ1n) is 5.27. The van der Waals surface area contributed by atoms with Crippen molar-refractivity contribution in [1.82, 2.24) is 10.1 Å². The number of nitrogens with zero attached hydrogens (tertiary/aromatic N) is 2. The summed E-state index contributed by atoms with van der Waals surface area (Å²) in [5.41, 5.74) is 6.46. The summed E-state index contributed by atoms with van der Waals surface area (Å²) in [7, 11) is 3.58. The molecule has 8 heteroatoms. The van der Waals surface area contributed by atoms with Crippen LogP contribution >= 0.6 is 11.6 Å². The van der Waals surface area contributed by atoms with Crippen LogP contribution in [0.4, 0.5) is 5.69 Å². The predicted molar refractivity (Wildman–Crippen MR) is 70.4 cm³/mol. The second-order valence-corrected chi connectivity index (χ2v) is 4.46. The molecular weight excluding hydrogens is 272 g/mol. The van der Waals surface area contributed by atoms with Gasteiger partial charge in [0.25, 0.3) is 0 Å². The van der Waals surface area contributed by atoms with Gasteiger partial charge >= 0.3 is 5.76 Å². The molecule has 0 aliphatic carbocycles. The lowest BCUT2D eigenvalue weighted by atomic mass is 10.0. The number of carbonyl (C=O) groups excluding carboxylic acids is 1. The van der Waals surface area contributed by atoms with Gasteiger partial charge in [-0.25, -0.2) is 4.79 Å². The summed E-state index contributed by atoms with van der Waals surface area (Å²) in [6, 6.07) is 3.04. The smallest absolute Gasteiger partial charge is 0.376 e. The third-order valence-corrected chi connectivity index (χ3v) is 2.83. The Bertz CT molecular complexity index is 689. The molecule has 0 radical (unpaired) electrons. The molecule has 0 atom stereocenters. The largest absolute Gasteiger partial charge is 0.439 e. The van der Waals surface area contributed by atoms with Crippen LogP contribution in [0.25, 0.3) is 11.4 Å². The van der Waals surface area contributed by atoms with Gasteiger partial charge < -0.3 is 10.6 Å². The van der Waals surface area contributed by atoms with Crippen LogP contribution in [-0.4, -0.2) is 30.1 Å². The number of amides is 1. The first-order chi connectivity index (χ1) is 8.90. The van der Waals surface area contributed by atoms with Crippen molar-refractivity contribution in [3.63, 3.8) is 0 Å². The molecule has 0 aliphatic heterocycles. The molecule has 0 spiro atoms. The zero-order valence-corrected chi connectivity index (χ0v) is 11.0. The molecule has 100 valence electrons. The number of primary amides is 1. The Balaban J connectivity index is 2.72. The van der Waals surface area contributed by atoms with Gasteiger partial charge in [0.1, 0.15) is 0 Å². The molecule has 0 saturated carbocycles. The van der Waals surface area contributed by atoms with Crippen LogP contribution < -0.4 is 16.4 Å². The fourth-order valence-corrected chi connectivity index (χ4v) is 1.98. The summed E-state index contributed by atoms with van der Waals surface area (Å²) in [5, 5.41) is 3.92. The number of H-pyrrole nitrogens is 1. The summed E-state index contributed by atoms with van der Waals surface area (Å²) in [6.07, 6.45) is 0. The van der Waals surface area contributed by atoms with Crippen molar-refractivity contribution in [1.29, 1.82) is 0 Å². The molecule has 1 aromatic heterocycles. The lowest BCUT2D eigenvalue weighted by Gasteiger charge is -2.16. The molecule has 0 unspecified atom stereocenters. The highest BCUT2D eigenvalue weighted by molar-refractivity contribution is 6.34. The van der Waals surface area contributed by atoms with Crippen molar-refractivity contribution in [2.24, 2.45) is 5.73 Å². The van der Waals surface area contributed by atoms with E-state index in [0.717, 1.165) is 0 Å². The average molecular weight is 283 g/mol. The van der Waals surface area contributed by atoms with Crippen LogP contribution in [0.2, 0.25) is 5.02 Å². The number of hydrogen-bond donors (Lipinski definition) is 2. The van der Waals surface area contributed by atoms with E-state index in [9.17, 15) is 9.59 Å². The zero-order valence-electron chi connectivity index (χ0n) is 10.2.